The highest BCUT2D eigenvalue weighted by Gasteiger charge is 2.40. The average Bonchev–Trinajstić information content (AvgIpc) is 3.14. The molecule has 0 unspecified atom stereocenters. The fraction of sp³-hybridized carbons (Fsp3) is 0. The van der Waals surface area contributed by atoms with Crippen molar-refractivity contribution in [2.75, 3.05) is 0 Å². The molecule has 2 aliphatic heterocycles. The van der Waals surface area contributed by atoms with Crippen molar-refractivity contribution >= 4 is 44.6 Å². The molecule has 0 atom stereocenters. The molecule has 0 aliphatic carbocycles. The van der Waals surface area contributed by atoms with Crippen LogP contribution in [0.2, 0.25) is 0 Å². The first-order valence-electron chi connectivity index (χ1n) is 16.1. The topological polar surface area (TPSA) is 18.5 Å². The summed E-state index contributed by atoms with van der Waals surface area (Å²) in [4.78, 5) is 0. The standard InChI is InChI=1S/C44H27BO2/c1-3-12-28(13-4-1)30-23-25-38-37(26-30)45-36-24-22-31(27-41(36)47-40-21-11-20-39(46-38)44(40)45)43-34-18-9-7-16-32(34)42(29-14-5-2-6-15-29)33-17-8-10-19-35(33)43/h1-27H. The van der Waals surface area contributed by atoms with Gasteiger partial charge in [0, 0.05) is 5.46 Å². The van der Waals surface area contributed by atoms with Crippen molar-refractivity contribution in [1.82, 2.24) is 0 Å². The van der Waals surface area contributed by atoms with Gasteiger partial charge in [-0.15, -0.1) is 0 Å². The maximum Gasteiger partial charge on any atom is 0.260 e. The molecule has 0 aromatic heterocycles. The number of fused-ring (bicyclic) bond motifs is 6. The van der Waals surface area contributed by atoms with Crippen molar-refractivity contribution in [1.29, 1.82) is 0 Å². The minimum Gasteiger partial charge on any atom is -0.458 e. The smallest absolute Gasteiger partial charge is 0.260 e. The quantitative estimate of drug-likeness (QED) is 0.149. The molecule has 0 radical (unpaired) electrons. The summed E-state index contributed by atoms with van der Waals surface area (Å²) in [5.74, 6) is 3.48. The van der Waals surface area contributed by atoms with Gasteiger partial charge in [0.15, 0.2) is 0 Å². The molecular formula is C44H27BO2. The van der Waals surface area contributed by atoms with Gasteiger partial charge < -0.3 is 9.47 Å². The van der Waals surface area contributed by atoms with E-state index in [-0.39, 0.29) is 6.71 Å². The van der Waals surface area contributed by atoms with Gasteiger partial charge >= 0.3 is 0 Å². The van der Waals surface area contributed by atoms with Crippen LogP contribution in [0, 0.1) is 0 Å². The Hall–Kier alpha value is -6.06. The van der Waals surface area contributed by atoms with Gasteiger partial charge in [0.1, 0.15) is 23.0 Å². The van der Waals surface area contributed by atoms with E-state index >= 15 is 0 Å². The van der Waals surface area contributed by atoms with E-state index in [2.05, 4.69) is 158 Å². The van der Waals surface area contributed by atoms with Crippen LogP contribution in [-0.4, -0.2) is 6.71 Å². The Bertz CT molecular complexity index is 2460. The molecular weight excluding hydrogens is 571 g/mol. The molecule has 3 heteroatoms. The summed E-state index contributed by atoms with van der Waals surface area (Å²) >= 11 is 0. The number of hydrogen-bond donors (Lipinski definition) is 0. The third-order valence-corrected chi connectivity index (χ3v) is 9.79. The molecule has 2 aliphatic rings. The summed E-state index contributed by atoms with van der Waals surface area (Å²) in [6.07, 6.45) is 0. The largest absolute Gasteiger partial charge is 0.458 e. The van der Waals surface area contributed by atoms with Gasteiger partial charge in [-0.2, -0.15) is 0 Å². The van der Waals surface area contributed by atoms with E-state index in [0.717, 1.165) is 44.9 Å². The third-order valence-electron chi connectivity index (χ3n) is 9.79. The molecule has 0 fully saturated rings. The molecule has 2 heterocycles. The molecule has 8 aromatic rings. The van der Waals surface area contributed by atoms with Gasteiger partial charge in [-0.3, -0.25) is 0 Å². The molecule has 0 N–H and O–H groups in total. The van der Waals surface area contributed by atoms with Crippen LogP contribution in [-0.2, 0) is 0 Å². The van der Waals surface area contributed by atoms with Crippen molar-refractivity contribution in [3.8, 4) is 56.4 Å². The molecule has 47 heavy (non-hydrogen) atoms. The van der Waals surface area contributed by atoms with E-state index in [4.69, 9.17) is 9.47 Å². The van der Waals surface area contributed by atoms with Crippen LogP contribution in [0.1, 0.15) is 0 Å². The van der Waals surface area contributed by atoms with Crippen LogP contribution in [0.4, 0.5) is 0 Å². The van der Waals surface area contributed by atoms with Crippen molar-refractivity contribution in [2.24, 2.45) is 0 Å². The molecule has 10 rings (SSSR count). The van der Waals surface area contributed by atoms with Gasteiger partial charge in [0.2, 0.25) is 0 Å². The first-order valence-corrected chi connectivity index (χ1v) is 16.1. The fourth-order valence-corrected chi connectivity index (χ4v) is 7.75. The van der Waals surface area contributed by atoms with Crippen LogP contribution >= 0.6 is 0 Å². The summed E-state index contributed by atoms with van der Waals surface area (Å²) in [5, 5.41) is 4.94. The summed E-state index contributed by atoms with van der Waals surface area (Å²) in [6, 6.07) is 58.4. The highest BCUT2D eigenvalue weighted by Crippen LogP contribution is 2.45. The Kier molecular flexibility index (Phi) is 5.70. The van der Waals surface area contributed by atoms with E-state index < -0.39 is 0 Å². The summed E-state index contributed by atoms with van der Waals surface area (Å²) in [7, 11) is 0. The second kappa shape index (κ2) is 10.2. The van der Waals surface area contributed by atoms with Crippen LogP contribution in [0.15, 0.2) is 164 Å². The van der Waals surface area contributed by atoms with E-state index in [0.29, 0.717) is 0 Å². The van der Waals surface area contributed by atoms with E-state index in [1.54, 1.807) is 0 Å². The zero-order chi connectivity index (χ0) is 30.9. The zero-order valence-electron chi connectivity index (χ0n) is 25.5. The molecule has 0 saturated carbocycles. The van der Waals surface area contributed by atoms with Crippen molar-refractivity contribution < 1.29 is 9.47 Å². The SMILES string of the molecule is c1ccc(-c2ccc3c(c2)B2c4ccc(-c5c6ccccc6c(-c6ccccc6)c6ccccc56)cc4Oc4cccc(c42)O3)cc1. The molecule has 0 saturated heterocycles. The lowest BCUT2D eigenvalue weighted by Crippen LogP contribution is -2.57. The van der Waals surface area contributed by atoms with E-state index in [9.17, 15) is 0 Å². The lowest BCUT2D eigenvalue weighted by molar-refractivity contribution is 0.464. The monoisotopic (exact) mass is 598 g/mol. The summed E-state index contributed by atoms with van der Waals surface area (Å²) in [5.41, 5.74) is 10.6. The molecule has 8 aromatic carbocycles. The number of benzene rings is 8. The second-order valence-electron chi connectivity index (χ2n) is 12.4. The lowest BCUT2D eigenvalue weighted by Gasteiger charge is -2.33. The van der Waals surface area contributed by atoms with Crippen molar-refractivity contribution in [3.05, 3.63) is 164 Å². The fourth-order valence-electron chi connectivity index (χ4n) is 7.75. The van der Waals surface area contributed by atoms with Gasteiger partial charge in [-0.25, -0.2) is 0 Å². The summed E-state index contributed by atoms with van der Waals surface area (Å²) < 4.78 is 13.2. The Morgan fingerprint density at radius 1 is 0.319 bits per heavy atom. The Balaban J connectivity index is 1.20. The zero-order valence-corrected chi connectivity index (χ0v) is 25.5. The molecule has 0 amide bonds. The Morgan fingerprint density at radius 3 is 1.49 bits per heavy atom. The number of ether oxygens (including phenoxy) is 2. The van der Waals surface area contributed by atoms with Gasteiger partial charge in [0.05, 0.1) is 0 Å². The van der Waals surface area contributed by atoms with Crippen molar-refractivity contribution in [3.63, 3.8) is 0 Å². The summed E-state index contributed by atoms with van der Waals surface area (Å²) in [6.45, 7) is 0.000331. The predicted octanol–water partition coefficient (Wildman–Crippen LogP) is 9.72. The number of rotatable bonds is 3. The highest BCUT2D eigenvalue weighted by atomic mass is 16.5. The predicted molar refractivity (Wildman–Crippen MR) is 195 cm³/mol. The average molecular weight is 599 g/mol. The maximum absolute atomic E-state index is 6.75. The van der Waals surface area contributed by atoms with Crippen LogP contribution in [0.25, 0.3) is 54.9 Å². The Labute approximate surface area is 273 Å². The lowest BCUT2D eigenvalue weighted by atomic mass is 9.34. The Morgan fingerprint density at radius 2 is 0.851 bits per heavy atom. The van der Waals surface area contributed by atoms with E-state index in [1.165, 1.54) is 49.4 Å². The number of hydrogen-bond acceptors (Lipinski definition) is 2. The van der Waals surface area contributed by atoms with Gasteiger partial charge in [-0.1, -0.05) is 140 Å². The molecule has 2 nitrogen and oxygen atoms in total. The second-order valence-corrected chi connectivity index (χ2v) is 12.4. The maximum atomic E-state index is 6.75. The van der Waals surface area contributed by atoms with Crippen molar-refractivity contribution in [2.45, 2.75) is 0 Å². The minimum absolute atomic E-state index is 0.000331. The minimum atomic E-state index is 0.000331. The van der Waals surface area contributed by atoms with Gasteiger partial charge in [-0.05, 0) is 90.1 Å². The normalized spacial score (nSPS) is 12.6. The van der Waals surface area contributed by atoms with E-state index in [1.807, 2.05) is 6.07 Å². The first kappa shape index (κ1) is 26.2. The molecule has 0 bridgehead atoms. The third kappa shape index (κ3) is 4.00. The van der Waals surface area contributed by atoms with Crippen LogP contribution in [0.3, 0.4) is 0 Å². The van der Waals surface area contributed by atoms with Gasteiger partial charge in [0.25, 0.3) is 6.71 Å². The van der Waals surface area contributed by atoms with Crippen LogP contribution in [0.5, 0.6) is 23.0 Å². The van der Waals surface area contributed by atoms with Crippen LogP contribution < -0.4 is 25.9 Å². The molecule has 0 spiro atoms. The molecule has 218 valence electrons. The highest BCUT2D eigenvalue weighted by molar-refractivity contribution is 6.98. The first-order chi connectivity index (χ1) is 23.3.